The van der Waals surface area contributed by atoms with Crippen molar-refractivity contribution >= 4 is 23.3 Å². The number of nitrogens with one attached hydrogen (secondary N) is 2. The zero-order valence-electron chi connectivity index (χ0n) is 12.8. The van der Waals surface area contributed by atoms with E-state index < -0.39 is 0 Å². The van der Waals surface area contributed by atoms with Crippen molar-refractivity contribution in [1.29, 1.82) is 0 Å². The molecule has 2 aromatic rings. The molecular weight excluding hydrogens is 296 g/mol. The van der Waals surface area contributed by atoms with Gasteiger partial charge in [0.25, 0.3) is 0 Å². The minimum atomic E-state index is -0.211. The molecule has 0 radical (unpaired) electrons. The van der Waals surface area contributed by atoms with Gasteiger partial charge in [0.2, 0.25) is 0 Å². The third-order valence-electron chi connectivity index (χ3n) is 3.32. The Balaban J connectivity index is 2.03. The Kier molecular flexibility index (Phi) is 5.84. The first-order valence-electron chi connectivity index (χ1n) is 7.42. The summed E-state index contributed by atoms with van der Waals surface area (Å²) < 4.78 is 0. The van der Waals surface area contributed by atoms with Gasteiger partial charge in [-0.1, -0.05) is 55.8 Å². The van der Waals surface area contributed by atoms with Gasteiger partial charge >= 0.3 is 6.03 Å². The maximum atomic E-state index is 12.2. The van der Waals surface area contributed by atoms with E-state index in [-0.39, 0.29) is 12.1 Å². The van der Waals surface area contributed by atoms with E-state index in [9.17, 15) is 4.79 Å². The molecule has 0 aliphatic rings. The molecule has 2 amide bonds. The normalized spacial score (nSPS) is 12.0. The number of halogens is 1. The predicted octanol–water partition coefficient (Wildman–Crippen LogP) is 5.25. The van der Waals surface area contributed by atoms with E-state index in [1.54, 1.807) is 24.3 Å². The molecule has 0 saturated carbocycles. The van der Waals surface area contributed by atoms with Gasteiger partial charge in [-0.05, 0) is 42.2 Å². The molecule has 0 spiro atoms. The number of hydrogen-bond donors (Lipinski definition) is 2. The number of carbonyl (C=O) groups excluding carboxylic acids is 1. The van der Waals surface area contributed by atoms with Crippen molar-refractivity contribution in [3.05, 3.63) is 65.2 Å². The molecular formula is C18H21ClN2O. The molecule has 116 valence electrons. The van der Waals surface area contributed by atoms with Crippen LogP contribution in [0.5, 0.6) is 0 Å². The Bertz CT molecular complexity index is 596. The zero-order chi connectivity index (χ0) is 15.9. The topological polar surface area (TPSA) is 41.1 Å². The summed E-state index contributed by atoms with van der Waals surface area (Å²) in [6.07, 6.45) is 0.887. The Hall–Kier alpha value is -2.00. The van der Waals surface area contributed by atoms with E-state index in [2.05, 4.69) is 24.5 Å². The van der Waals surface area contributed by atoms with Crippen LogP contribution >= 0.6 is 11.6 Å². The highest BCUT2D eigenvalue weighted by molar-refractivity contribution is 6.30. The van der Waals surface area contributed by atoms with Crippen LogP contribution in [-0.4, -0.2) is 6.03 Å². The molecule has 1 atom stereocenters. The second kappa shape index (κ2) is 7.85. The summed E-state index contributed by atoms with van der Waals surface area (Å²) in [6, 6.07) is 16.9. The van der Waals surface area contributed by atoms with Crippen molar-refractivity contribution in [2.24, 2.45) is 5.92 Å². The fourth-order valence-corrected chi connectivity index (χ4v) is 2.42. The van der Waals surface area contributed by atoms with Crippen molar-refractivity contribution in [3.63, 3.8) is 0 Å². The number of benzene rings is 2. The number of anilines is 1. The number of amides is 2. The summed E-state index contributed by atoms with van der Waals surface area (Å²) >= 11 is 5.84. The van der Waals surface area contributed by atoms with Crippen molar-refractivity contribution in [3.8, 4) is 0 Å². The van der Waals surface area contributed by atoms with E-state index >= 15 is 0 Å². The second-order valence-electron chi connectivity index (χ2n) is 5.70. The van der Waals surface area contributed by atoms with Gasteiger partial charge in [-0.25, -0.2) is 4.79 Å². The Morgan fingerprint density at radius 2 is 1.68 bits per heavy atom. The monoisotopic (exact) mass is 316 g/mol. The van der Waals surface area contributed by atoms with Gasteiger partial charge in [-0.3, -0.25) is 0 Å². The maximum absolute atomic E-state index is 12.2. The molecule has 2 aromatic carbocycles. The third-order valence-corrected chi connectivity index (χ3v) is 3.57. The highest BCUT2D eigenvalue weighted by Crippen LogP contribution is 2.21. The molecule has 0 fully saturated rings. The molecule has 0 aromatic heterocycles. The average molecular weight is 317 g/mol. The van der Waals surface area contributed by atoms with Gasteiger partial charge in [-0.15, -0.1) is 0 Å². The third kappa shape index (κ3) is 5.08. The molecule has 0 aliphatic heterocycles. The van der Waals surface area contributed by atoms with Crippen LogP contribution in [0, 0.1) is 5.92 Å². The predicted molar refractivity (Wildman–Crippen MR) is 92.2 cm³/mol. The number of urea groups is 1. The highest BCUT2D eigenvalue weighted by Gasteiger charge is 2.15. The van der Waals surface area contributed by atoms with Crippen LogP contribution in [0.2, 0.25) is 5.02 Å². The van der Waals surface area contributed by atoms with Crippen LogP contribution < -0.4 is 10.6 Å². The van der Waals surface area contributed by atoms with Crippen LogP contribution in [0.1, 0.15) is 31.9 Å². The summed E-state index contributed by atoms with van der Waals surface area (Å²) in [5.41, 5.74) is 1.83. The molecule has 3 nitrogen and oxygen atoms in total. The lowest BCUT2D eigenvalue weighted by molar-refractivity contribution is 0.246. The van der Waals surface area contributed by atoms with Crippen molar-refractivity contribution in [2.45, 2.75) is 26.3 Å². The molecule has 0 aliphatic carbocycles. The number of hydrogen-bond acceptors (Lipinski definition) is 1. The zero-order valence-corrected chi connectivity index (χ0v) is 13.6. The molecule has 4 heteroatoms. The molecule has 0 heterocycles. The first-order valence-corrected chi connectivity index (χ1v) is 7.80. The van der Waals surface area contributed by atoms with E-state index in [0.29, 0.717) is 10.9 Å². The fourth-order valence-electron chi connectivity index (χ4n) is 2.29. The summed E-state index contributed by atoms with van der Waals surface area (Å²) in [4.78, 5) is 12.2. The lowest BCUT2D eigenvalue weighted by Gasteiger charge is -2.21. The summed E-state index contributed by atoms with van der Waals surface area (Å²) in [6.45, 7) is 4.30. The first-order chi connectivity index (χ1) is 10.5. The molecule has 2 N–H and O–H groups in total. The lowest BCUT2D eigenvalue weighted by Crippen LogP contribution is -2.33. The largest absolute Gasteiger partial charge is 0.331 e. The van der Waals surface area contributed by atoms with E-state index in [4.69, 9.17) is 11.6 Å². The standard InChI is InChI=1S/C18H21ClN2O/c1-13(2)12-17(14-6-4-3-5-7-14)21-18(22)20-16-10-8-15(19)9-11-16/h3-11,13,17H,12H2,1-2H3,(H2,20,21,22)/t17-/m0/s1. The highest BCUT2D eigenvalue weighted by atomic mass is 35.5. The van der Waals surface area contributed by atoms with E-state index in [1.807, 2.05) is 30.3 Å². The van der Waals surface area contributed by atoms with Crippen LogP contribution in [-0.2, 0) is 0 Å². The Morgan fingerprint density at radius 1 is 1.05 bits per heavy atom. The van der Waals surface area contributed by atoms with E-state index in [1.165, 1.54) is 0 Å². The number of rotatable bonds is 5. The lowest BCUT2D eigenvalue weighted by atomic mass is 9.97. The molecule has 2 rings (SSSR count). The van der Waals surface area contributed by atoms with Crippen LogP contribution in [0.3, 0.4) is 0 Å². The van der Waals surface area contributed by atoms with E-state index in [0.717, 1.165) is 17.7 Å². The number of carbonyl (C=O) groups is 1. The maximum Gasteiger partial charge on any atom is 0.319 e. The molecule has 22 heavy (non-hydrogen) atoms. The van der Waals surface area contributed by atoms with Crippen molar-refractivity contribution in [2.75, 3.05) is 5.32 Å². The fraction of sp³-hybridized carbons (Fsp3) is 0.278. The van der Waals surface area contributed by atoms with Gasteiger partial charge in [-0.2, -0.15) is 0 Å². The van der Waals surface area contributed by atoms with Crippen LogP contribution in [0.4, 0.5) is 10.5 Å². The quantitative estimate of drug-likeness (QED) is 0.777. The van der Waals surface area contributed by atoms with Gasteiger partial charge < -0.3 is 10.6 Å². The molecule has 0 saturated heterocycles. The smallest absolute Gasteiger partial charge is 0.319 e. The van der Waals surface area contributed by atoms with Gasteiger partial charge in [0, 0.05) is 10.7 Å². The van der Waals surface area contributed by atoms with Crippen LogP contribution in [0.25, 0.3) is 0 Å². The van der Waals surface area contributed by atoms with Crippen LogP contribution in [0.15, 0.2) is 54.6 Å². The summed E-state index contributed by atoms with van der Waals surface area (Å²) in [7, 11) is 0. The second-order valence-corrected chi connectivity index (χ2v) is 6.13. The van der Waals surface area contributed by atoms with Gasteiger partial charge in [0.1, 0.15) is 0 Å². The Labute approximate surface area is 136 Å². The van der Waals surface area contributed by atoms with Crippen molar-refractivity contribution < 1.29 is 4.79 Å². The van der Waals surface area contributed by atoms with Gasteiger partial charge in [0.15, 0.2) is 0 Å². The molecule has 0 bridgehead atoms. The van der Waals surface area contributed by atoms with Crippen molar-refractivity contribution in [1.82, 2.24) is 5.32 Å². The minimum Gasteiger partial charge on any atom is -0.331 e. The SMILES string of the molecule is CC(C)C[C@H](NC(=O)Nc1ccc(Cl)cc1)c1ccccc1. The first kappa shape index (κ1) is 16.4. The minimum absolute atomic E-state index is 0.00602. The summed E-state index contributed by atoms with van der Waals surface area (Å²) in [5, 5.41) is 6.52. The average Bonchev–Trinajstić information content (AvgIpc) is 2.49. The molecule has 0 unspecified atom stereocenters. The van der Waals surface area contributed by atoms with Gasteiger partial charge in [0.05, 0.1) is 6.04 Å². The summed E-state index contributed by atoms with van der Waals surface area (Å²) in [5.74, 6) is 0.487. The Morgan fingerprint density at radius 3 is 2.27 bits per heavy atom.